The Morgan fingerprint density at radius 2 is 2.14 bits per heavy atom. The number of nitrogens with zero attached hydrogens (tertiary/aromatic N) is 1. The van der Waals surface area contributed by atoms with E-state index < -0.39 is 0 Å². The summed E-state index contributed by atoms with van der Waals surface area (Å²) in [4.78, 5) is 4.49. The summed E-state index contributed by atoms with van der Waals surface area (Å²) in [5.41, 5.74) is 3.79. The zero-order chi connectivity index (χ0) is 10.6. The van der Waals surface area contributed by atoms with Gasteiger partial charge in [0.05, 0.1) is 0 Å². The molecule has 0 aliphatic heterocycles. The maximum atomic E-state index is 4.49. The Morgan fingerprint density at radius 1 is 1.43 bits per heavy atom. The molecule has 0 spiro atoms. The molecule has 0 radical (unpaired) electrons. The Hall–Kier alpha value is -0.890. The highest BCUT2D eigenvalue weighted by atomic mass is 14.8. The van der Waals surface area contributed by atoms with Crippen molar-refractivity contribution in [3.05, 3.63) is 29.1 Å². The summed E-state index contributed by atoms with van der Waals surface area (Å²) in [6.07, 6.45) is 1.98. The van der Waals surface area contributed by atoms with Crippen molar-refractivity contribution in [2.75, 3.05) is 6.54 Å². The van der Waals surface area contributed by atoms with Crippen molar-refractivity contribution in [3.8, 4) is 0 Å². The van der Waals surface area contributed by atoms with Crippen LogP contribution >= 0.6 is 0 Å². The average Bonchev–Trinajstić information content (AvgIpc) is 2.14. The fourth-order valence-electron chi connectivity index (χ4n) is 1.61. The van der Waals surface area contributed by atoms with Crippen molar-refractivity contribution >= 4 is 0 Å². The van der Waals surface area contributed by atoms with E-state index in [-0.39, 0.29) is 0 Å². The molecule has 0 aliphatic carbocycles. The molecule has 0 bridgehead atoms. The second kappa shape index (κ2) is 5.11. The average molecular weight is 192 g/mol. The Balaban J connectivity index is 2.78. The van der Waals surface area contributed by atoms with Crippen LogP contribution in [0.3, 0.4) is 0 Å². The molecule has 1 rings (SSSR count). The monoisotopic (exact) mass is 192 g/mol. The fraction of sp³-hybridized carbons (Fsp3) is 0.583. The van der Waals surface area contributed by atoms with E-state index in [0.29, 0.717) is 5.92 Å². The second-order valence-electron chi connectivity index (χ2n) is 3.98. The number of rotatable bonds is 4. The predicted octanol–water partition coefficient (Wildman–Crippen LogP) is 2.62. The highest BCUT2D eigenvalue weighted by Crippen LogP contribution is 2.16. The number of pyridine rings is 1. The van der Waals surface area contributed by atoms with Crippen molar-refractivity contribution < 1.29 is 0 Å². The molecule has 0 saturated carbocycles. The highest BCUT2D eigenvalue weighted by molar-refractivity contribution is 5.25. The van der Waals surface area contributed by atoms with Crippen LogP contribution in [0.2, 0.25) is 0 Å². The lowest BCUT2D eigenvalue weighted by Crippen LogP contribution is -2.12. The van der Waals surface area contributed by atoms with Crippen molar-refractivity contribution in [2.45, 2.75) is 40.2 Å². The van der Waals surface area contributed by atoms with E-state index in [1.807, 2.05) is 6.20 Å². The van der Waals surface area contributed by atoms with Crippen LogP contribution in [0.5, 0.6) is 0 Å². The van der Waals surface area contributed by atoms with Gasteiger partial charge >= 0.3 is 0 Å². The molecule has 0 atom stereocenters. The van der Waals surface area contributed by atoms with Gasteiger partial charge in [-0.2, -0.15) is 0 Å². The first-order valence-corrected chi connectivity index (χ1v) is 5.31. The van der Waals surface area contributed by atoms with Gasteiger partial charge in [0.1, 0.15) is 0 Å². The van der Waals surface area contributed by atoms with Crippen LogP contribution < -0.4 is 5.32 Å². The third-order valence-electron chi connectivity index (χ3n) is 2.30. The smallest absolute Gasteiger partial charge is 0.0458 e. The molecule has 0 saturated heterocycles. The molecule has 1 heterocycles. The summed E-state index contributed by atoms with van der Waals surface area (Å²) >= 11 is 0. The molecule has 0 aliphatic rings. The van der Waals surface area contributed by atoms with Crippen LogP contribution in [0, 0.1) is 6.92 Å². The summed E-state index contributed by atoms with van der Waals surface area (Å²) in [5, 5.41) is 3.30. The fourth-order valence-corrected chi connectivity index (χ4v) is 1.61. The first-order chi connectivity index (χ1) is 6.65. The van der Waals surface area contributed by atoms with Gasteiger partial charge in [0.25, 0.3) is 0 Å². The molecule has 0 unspecified atom stereocenters. The van der Waals surface area contributed by atoms with Crippen LogP contribution in [0.25, 0.3) is 0 Å². The number of hydrogen-bond acceptors (Lipinski definition) is 2. The molecule has 1 N–H and O–H groups in total. The van der Waals surface area contributed by atoms with Gasteiger partial charge in [0, 0.05) is 18.4 Å². The Morgan fingerprint density at radius 3 is 2.64 bits per heavy atom. The van der Waals surface area contributed by atoms with E-state index in [2.05, 4.69) is 44.1 Å². The zero-order valence-electron chi connectivity index (χ0n) is 9.59. The molecule has 0 aromatic carbocycles. The summed E-state index contributed by atoms with van der Waals surface area (Å²) in [7, 11) is 0. The predicted molar refractivity (Wildman–Crippen MR) is 60.4 cm³/mol. The van der Waals surface area contributed by atoms with E-state index in [0.717, 1.165) is 13.1 Å². The number of aryl methyl sites for hydroxylation is 1. The van der Waals surface area contributed by atoms with Gasteiger partial charge in [-0.3, -0.25) is 4.98 Å². The molecular formula is C12H20N2. The first-order valence-electron chi connectivity index (χ1n) is 5.31. The Labute approximate surface area is 86.8 Å². The standard InChI is InChI=1S/C12H20N2/c1-5-13-7-11-6-10(4)12(9(2)3)14-8-11/h6,8-9,13H,5,7H2,1-4H3. The molecule has 2 nitrogen and oxygen atoms in total. The summed E-state index contributed by atoms with van der Waals surface area (Å²) in [6, 6.07) is 2.23. The second-order valence-corrected chi connectivity index (χ2v) is 3.98. The van der Waals surface area contributed by atoms with E-state index >= 15 is 0 Å². The SMILES string of the molecule is CCNCc1cnc(C(C)C)c(C)c1. The zero-order valence-corrected chi connectivity index (χ0v) is 9.59. The third kappa shape index (κ3) is 2.81. The van der Waals surface area contributed by atoms with Crippen LogP contribution in [0.4, 0.5) is 0 Å². The van der Waals surface area contributed by atoms with E-state index in [1.165, 1.54) is 16.8 Å². The van der Waals surface area contributed by atoms with Crippen LogP contribution in [0.15, 0.2) is 12.3 Å². The van der Waals surface area contributed by atoms with Crippen LogP contribution in [-0.2, 0) is 6.54 Å². The van der Waals surface area contributed by atoms with Gasteiger partial charge in [0.2, 0.25) is 0 Å². The number of aromatic nitrogens is 1. The summed E-state index contributed by atoms with van der Waals surface area (Å²) < 4.78 is 0. The van der Waals surface area contributed by atoms with E-state index in [9.17, 15) is 0 Å². The quantitative estimate of drug-likeness (QED) is 0.793. The minimum Gasteiger partial charge on any atom is -0.313 e. The van der Waals surface area contributed by atoms with Crippen molar-refractivity contribution in [2.24, 2.45) is 0 Å². The van der Waals surface area contributed by atoms with Crippen molar-refractivity contribution in [3.63, 3.8) is 0 Å². The molecule has 14 heavy (non-hydrogen) atoms. The van der Waals surface area contributed by atoms with Crippen LogP contribution in [0.1, 0.15) is 43.5 Å². The number of hydrogen-bond donors (Lipinski definition) is 1. The molecule has 0 amide bonds. The van der Waals surface area contributed by atoms with Gasteiger partial charge in [-0.15, -0.1) is 0 Å². The van der Waals surface area contributed by atoms with Gasteiger partial charge in [-0.1, -0.05) is 26.8 Å². The third-order valence-corrected chi connectivity index (χ3v) is 2.30. The molecule has 1 aromatic rings. The maximum Gasteiger partial charge on any atom is 0.0458 e. The Bertz CT molecular complexity index is 292. The molecule has 2 heteroatoms. The first kappa shape index (κ1) is 11.2. The maximum absolute atomic E-state index is 4.49. The van der Waals surface area contributed by atoms with Crippen LogP contribution in [-0.4, -0.2) is 11.5 Å². The highest BCUT2D eigenvalue weighted by Gasteiger charge is 2.05. The summed E-state index contributed by atoms with van der Waals surface area (Å²) in [6.45, 7) is 10.5. The minimum atomic E-state index is 0.517. The van der Waals surface area contributed by atoms with Gasteiger partial charge in [-0.05, 0) is 30.5 Å². The van der Waals surface area contributed by atoms with Gasteiger partial charge in [-0.25, -0.2) is 0 Å². The molecule has 78 valence electrons. The lowest BCUT2D eigenvalue weighted by Gasteiger charge is -2.10. The van der Waals surface area contributed by atoms with Gasteiger partial charge in [0.15, 0.2) is 0 Å². The molecule has 0 fully saturated rings. The van der Waals surface area contributed by atoms with E-state index in [4.69, 9.17) is 0 Å². The van der Waals surface area contributed by atoms with Crippen molar-refractivity contribution in [1.82, 2.24) is 10.3 Å². The normalized spacial score (nSPS) is 10.9. The summed E-state index contributed by atoms with van der Waals surface area (Å²) in [5.74, 6) is 0.517. The minimum absolute atomic E-state index is 0.517. The molecule has 1 aromatic heterocycles. The van der Waals surface area contributed by atoms with E-state index in [1.54, 1.807) is 0 Å². The lowest BCUT2D eigenvalue weighted by molar-refractivity contribution is 0.719. The Kier molecular flexibility index (Phi) is 4.08. The number of nitrogens with one attached hydrogen (secondary N) is 1. The van der Waals surface area contributed by atoms with Crippen molar-refractivity contribution in [1.29, 1.82) is 0 Å². The largest absolute Gasteiger partial charge is 0.313 e. The molecular weight excluding hydrogens is 172 g/mol. The lowest BCUT2D eigenvalue weighted by atomic mass is 10.0. The van der Waals surface area contributed by atoms with Gasteiger partial charge < -0.3 is 5.32 Å². The topological polar surface area (TPSA) is 24.9 Å².